The molecule has 88 valence electrons. The van der Waals surface area contributed by atoms with Crippen molar-refractivity contribution in [2.45, 2.75) is 6.61 Å². The second kappa shape index (κ2) is 5.27. The van der Waals surface area contributed by atoms with Crippen LogP contribution in [0.1, 0.15) is 5.56 Å². The van der Waals surface area contributed by atoms with E-state index < -0.39 is 0 Å². The number of ether oxygens (including phenoxy) is 2. The van der Waals surface area contributed by atoms with E-state index in [-0.39, 0.29) is 5.95 Å². The Morgan fingerprint density at radius 1 is 1.29 bits per heavy atom. The van der Waals surface area contributed by atoms with Crippen molar-refractivity contribution >= 4 is 5.95 Å². The summed E-state index contributed by atoms with van der Waals surface area (Å²) < 4.78 is 10.6. The lowest BCUT2D eigenvalue weighted by Crippen LogP contribution is -1.96. The van der Waals surface area contributed by atoms with Gasteiger partial charge >= 0.3 is 0 Å². The van der Waals surface area contributed by atoms with Crippen LogP contribution in [0.4, 0.5) is 5.95 Å². The Morgan fingerprint density at radius 3 is 2.94 bits per heavy atom. The van der Waals surface area contributed by atoms with Gasteiger partial charge in [0.05, 0.1) is 6.61 Å². The lowest BCUT2D eigenvalue weighted by molar-refractivity contribution is 0.184. The van der Waals surface area contributed by atoms with Crippen LogP contribution in [-0.4, -0.2) is 17.1 Å². The third kappa shape index (κ3) is 3.15. The standard InChI is InChI=1S/C12H13N3O2/c1-16-8-9-3-2-4-10(7-9)17-11-5-6-14-12(13)15-11/h2-7H,8H2,1H3,(H2,13,14,15). The average molecular weight is 231 g/mol. The van der Waals surface area contributed by atoms with Gasteiger partial charge in [-0.3, -0.25) is 0 Å². The van der Waals surface area contributed by atoms with Crippen LogP contribution in [0.2, 0.25) is 0 Å². The Balaban J connectivity index is 2.15. The smallest absolute Gasteiger partial charge is 0.224 e. The molecule has 2 aromatic rings. The molecule has 17 heavy (non-hydrogen) atoms. The summed E-state index contributed by atoms with van der Waals surface area (Å²) in [6.07, 6.45) is 1.55. The Kier molecular flexibility index (Phi) is 3.52. The van der Waals surface area contributed by atoms with E-state index >= 15 is 0 Å². The van der Waals surface area contributed by atoms with Gasteiger partial charge in [0, 0.05) is 19.4 Å². The van der Waals surface area contributed by atoms with E-state index in [1.165, 1.54) is 0 Å². The number of nitrogens with zero attached hydrogens (tertiary/aromatic N) is 2. The first kappa shape index (κ1) is 11.3. The van der Waals surface area contributed by atoms with Crippen molar-refractivity contribution in [2.75, 3.05) is 12.8 Å². The summed E-state index contributed by atoms with van der Waals surface area (Å²) in [6.45, 7) is 0.545. The minimum atomic E-state index is 0.190. The Morgan fingerprint density at radius 2 is 2.18 bits per heavy atom. The predicted molar refractivity (Wildman–Crippen MR) is 63.7 cm³/mol. The molecule has 2 rings (SSSR count). The van der Waals surface area contributed by atoms with E-state index in [9.17, 15) is 0 Å². The fourth-order valence-corrected chi connectivity index (χ4v) is 1.40. The number of anilines is 1. The molecule has 0 aliphatic heterocycles. The van der Waals surface area contributed by atoms with Gasteiger partial charge in [-0.05, 0) is 17.7 Å². The van der Waals surface area contributed by atoms with Gasteiger partial charge in [-0.1, -0.05) is 12.1 Å². The highest BCUT2D eigenvalue weighted by atomic mass is 16.5. The number of rotatable bonds is 4. The molecule has 0 bridgehead atoms. The van der Waals surface area contributed by atoms with Gasteiger partial charge in [0.15, 0.2) is 0 Å². The summed E-state index contributed by atoms with van der Waals surface area (Å²) in [5, 5.41) is 0. The highest BCUT2D eigenvalue weighted by molar-refractivity contribution is 5.32. The normalized spacial score (nSPS) is 10.2. The Labute approximate surface area is 99.2 Å². The van der Waals surface area contributed by atoms with Crippen LogP contribution in [0.25, 0.3) is 0 Å². The average Bonchev–Trinajstić information content (AvgIpc) is 2.30. The van der Waals surface area contributed by atoms with E-state index in [2.05, 4.69) is 9.97 Å². The van der Waals surface area contributed by atoms with Gasteiger partial charge in [0.25, 0.3) is 0 Å². The number of nitrogen functional groups attached to an aromatic ring is 1. The second-order valence-electron chi connectivity index (χ2n) is 3.44. The van der Waals surface area contributed by atoms with Gasteiger partial charge in [0.1, 0.15) is 5.75 Å². The van der Waals surface area contributed by atoms with Gasteiger partial charge in [-0.2, -0.15) is 4.98 Å². The molecular formula is C12H13N3O2. The number of methoxy groups -OCH3 is 1. The number of aromatic nitrogens is 2. The molecule has 0 unspecified atom stereocenters. The number of hydrogen-bond acceptors (Lipinski definition) is 5. The van der Waals surface area contributed by atoms with Crippen LogP contribution in [0, 0.1) is 0 Å². The molecule has 0 spiro atoms. The van der Waals surface area contributed by atoms with Crippen LogP contribution in [0.3, 0.4) is 0 Å². The molecule has 5 nitrogen and oxygen atoms in total. The van der Waals surface area contributed by atoms with E-state index in [1.807, 2.05) is 24.3 Å². The van der Waals surface area contributed by atoms with Crippen molar-refractivity contribution in [1.82, 2.24) is 9.97 Å². The zero-order valence-electron chi connectivity index (χ0n) is 9.46. The molecule has 0 amide bonds. The minimum Gasteiger partial charge on any atom is -0.439 e. The van der Waals surface area contributed by atoms with Crippen molar-refractivity contribution in [3.63, 3.8) is 0 Å². The molecule has 0 radical (unpaired) electrons. The highest BCUT2D eigenvalue weighted by Gasteiger charge is 2.01. The molecule has 0 saturated heterocycles. The topological polar surface area (TPSA) is 70.3 Å². The lowest BCUT2D eigenvalue weighted by Gasteiger charge is -2.06. The molecule has 5 heteroatoms. The largest absolute Gasteiger partial charge is 0.439 e. The number of benzene rings is 1. The van der Waals surface area contributed by atoms with Crippen LogP contribution >= 0.6 is 0 Å². The summed E-state index contributed by atoms with van der Waals surface area (Å²) in [5.74, 6) is 1.31. The first-order chi connectivity index (χ1) is 8.28. The third-order valence-electron chi connectivity index (χ3n) is 2.08. The monoisotopic (exact) mass is 231 g/mol. The Bertz CT molecular complexity index is 503. The molecule has 2 N–H and O–H groups in total. The van der Waals surface area contributed by atoms with E-state index in [0.29, 0.717) is 18.2 Å². The SMILES string of the molecule is COCc1cccc(Oc2ccnc(N)n2)c1. The molecule has 0 aliphatic rings. The van der Waals surface area contributed by atoms with E-state index in [0.717, 1.165) is 5.56 Å². The highest BCUT2D eigenvalue weighted by Crippen LogP contribution is 2.20. The van der Waals surface area contributed by atoms with Gasteiger partial charge in [-0.15, -0.1) is 0 Å². The first-order valence-corrected chi connectivity index (χ1v) is 5.12. The van der Waals surface area contributed by atoms with Crippen LogP contribution < -0.4 is 10.5 Å². The quantitative estimate of drug-likeness (QED) is 0.871. The van der Waals surface area contributed by atoms with Crippen molar-refractivity contribution in [2.24, 2.45) is 0 Å². The summed E-state index contributed by atoms with van der Waals surface area (Å²) in [5.41, 5.74) is 6.50. The van der Waals surface area contributed by atoms with E-state index in [1.54, 1.807) is 19.4 Å². The zero-order chi connectivity index (χ0) is 12.1. The van der Waals surface area contributed by atoms with Gasteiger partial charge in [0.2, 0.25) is 11.8 Å². The lowest BCUT2D eigenvalue weighted by atomic mass is 10.2. The summed E-state index contributed by atoms with van der Waals surface area (Å²) in [7, 11) is 1.65. The molecule has 1 aromatic heterocycles. The van der Waals surface area contributed by atoms with Crippen molar-refractivity contribution in [3.05, 3.63) is 42.1 Å². The Hall–Kier alpha value is -2.14. The summed E-state index contributed by atoms with van der Waals surface area (Å²) in [4.78, 5) is 7.75. The molecule has 0 aliphatic carbocycles. The molecule has 1 heterocycles. The van der Waals surface area contributed by atoms with Crippen molar-refractivity contribution < 1.29 is 9.47 Å². The molecule has 0 fully saturated rings. The molecular weight excluding hydrogens is 218 g/mol. The fraction of sp³-hybridized carbons (Fsp3) is 0.167. The molecule has 0 saturated carbocycles. The van der Waals surface area contributed by atoms with Crippen LogP contribution in [0.5, 0.6) is 11.6 Å². The fourth-order valence-electron chi connectivity index (χ4n) is 1.40. The maximum absolute atomic E-state index is 5.56. The van der Waals surface area contributed by atoms with Crippen LogP contribution in [0.15, 0.2) is 36.5 Å². The summed E-state index contributed by atoms with van der Waals surface area (Å²) >= 11 is 0. The minimum absolute atomic E-state index is 0.190. The molecule has 0 atom stereocenters. The van der Waals surface area contributed by atoms with E-state index in [4.69, 9.17) is 15.2 Å². The van der Waals surface area contributed by atoms with Crippen molar-refractivity contribution in [1.29, 1.82) is 0 Å². The maximum Gasteiger partial charge on any atom is 0.224 e. The molecule has 1 aromatic carbocycles. The van der Waals surface area contributed by atoms with Gasteiger partial charge < -0.3 is 15.2 Å². The predicted octanol–water partition coefficient (Wildman–Crippen LogP) is 2.00. The number of hydrogen-bond donors (Lipinski definition) is 1. The zero-order valence-corrected chi connectivity index (χ0v) is 9.46. The number of nitrogens with two attached hydrogens (primary N) is 1. The third-order valence-corrected chi connectivity index (χ3v) is 2.08. The van der Waals surface area contributed by atoms with Gasteiger partial charge in [-0.25, -0.2) is 4.98 Å². The summed E-state index contributed by atoms with van der Waals surface area (Å²) in [6, 6.07) is 9.25. The maximum atomic E-state index is 5.56. The second-order valence-corrected chi connectivity index (χ2v) is 3.44. The first-order valence-electron chi connectivity index (χ1n) is 5.12. The van der Waals surface area contributed by atoms with Crippen molar-refractivity contribution in [3.8, 4) is 11.6 Å². The van der Waals surface area contributed by atoms with Crippen LogP contribution in [-0.2, 0) is 11.3 Å².